The van der Waals surface area contributed by atoms with Crippen molar-refractivity contribution in [3.63, 3.8) is 0 Å². The average Bonchev–Trinajstić information content (AvgIpc) is 2.79. The van der Waals surface area contributed by atoms with Crippen molar-refractivity contribution in [2.24, 2.45) is 0 Å². The van der Waals surface area contributed by atoms with Gasteiger partial charge >= 0.3 is 0 Å². The van der Waals surface area contributed by atoms with Crippen molar-refractivity contribution in [3.05, 3.63) is 53.8 Å². The number of nitrogen functional groups attached to an aromatic ring is 1. The number of rotatable bonds is 2. The normalized spacial score (nSPS) is 10.9. The Morgan fingerprint density at radius 2 is 2.05 bits per heavy atom. The molecule has 0 aromatic carbocycles. The average molecular weight is 266 g/mol. The van der Waals surface area contributed by atoms with Crippen LogP contribution in [0.5, 0.6) is 0 Å². The van der Waals surface area contributed by atoms with Crippen molar-refractivity contribution >= 4 is 17.2 Å². The van der Waals surface area contributed by atoms with E-state index in [-0.39, 0.29) is 5.95 Å². The summed E-state index contributed by atoms with van der Waals surface area (Å²) < 4.78 is 1.92. The van der Waals surface area contributed by atoms with Crippen LogP contribution in [0.3, 0.4) is 0 Å². The minimum Gasteiger partial charge on any atom is -0.368 e. The number of hydrogen-bond donors (Lipinski definition) is 1. The molecule has 3 aromatic rings. The van der Waals surface area contributed by atoms with Gasteiger partial charge in [0.05, 0.1) is 5.69 Å². The second kappa shape index (κ2) is 4.41. The molecule has 0 amide bonds. The zero-order chi connectivity index (χ0) is 14.3. The van der Waals surface area contributed by atoms with Crippen LogP contribution in [0.4, 0.5) is 5.95 Å². The third-order valence-electron chi connectivity index (χ3n) is 3.24. The van der Waals surface area contributed by atoms with Crippen LogP contribution in [0, 0.1) is 13.8 Å². The zero-order valence-electron chi connectivity index (χ0n) is 11.3. The van der Waals surface area contributed by atoms with Crippen LogP contribution in [0.1, 0.15) is 22.6 Å². The first-order valence-electron chi connectivity index (χ1n) is 6.16. The SMILES string of the molecule is C=C(c1ccc2nnc(C)n2c1)c1cnc(N)nc1C. The number of aromatic nitrogens is 5. The van der Waals surface area contributed by atoms with Crippen LogP contribution in [-0.2, 0) is 0 Å². The van der Waals surface area contributed by atoms with Crippen molar-refractivity contribution in [2.45, 2.75) is 13.8 Å². The van der Waals surface area contributed by atoms with Crippen LogP contribution in [0.15, 0.2) is 31.1 Å². The van der Waals surface area contributed by atoms with E-state index >= 15 is 0 Å². The van der Waals surface area contributed by atoms with Gasteiger partial charge in [0.1, 0.15) is 5.82 Å². The molecular weight excluding hydrogens is 252 g/mol. The van der Waals surface area contributed by atoms with Gasteiger partial charge in [-0.3, -0.25) is 4.40 Å². The molecule has 3 heterocycles. The largest absolute Gasteiger partial charge is 0.368 e. The molecule has 0 fully saturated rings. The number of nitrogens with two attached hydrogens (primary N) is 1. The van der Waals surface area contributed by atoms with Gasteiger partial charge in [-0.25, -0.2) is 9.97 Å². The van der Waals surface area contributed by atoms with E-state index in [1.54, 1.807) is 6.20 Å². The highest BCUT2D eigenvalue weighted by Crippen LogP contribution is 2.23. The van der Waals surface area contributed by atoms with Gasteiger partial charge in [0.25, 0.3) is 0 Å². The fraction of sp³-hybridized carbons (Fsp3) is 0.143. The molecule has 0 aliphatic carbocycles. The molecule has 100 valence electrons. The van der Waals surface area contributed by atoms with E-state index in [0.717, 1.165) is 33.9 Å². The Kier molecular flexibility index (Phi) is 2.71. The number of aryl methyl sites for hydroxylation is 2. The van der Waals surface area contributed by atoms with Gasteiger partial charge in [-0.1, -0.05) is 6.58 Å². The van der Waals surface area contributed by atoms with Gasteiger partial charge in [0.15, 0.2) is 5.65 Å². The van der Waals surface area contributed by atoms with Crippen LogP contribution in [0.25, 0.3) is 11.2 Å². The third kappa shape index (κ3) is 1.91. The highest BCUT2D eigenvalue weighted by molar-refractivity contribution is 5.79. The first kappa shape index (κ1) is 12.3. The molecule has 20 heavy (non-hydrogen) atoms. The molecule has 0 aliphatic heterocycles. The number of fused-ring (bicyclic) bond motifs is 1. The fourth-order valence-electron chi connectivity index (χ4n) is 2.12. The third-order valence-corrected chi connectivity index (χ3v) is 3.24. The Bertz CT molecular complexity index is 818. The predicted molar refractivity (Wildman–Crippen MR) is 77.0 cm³/mol. The molecule has 3 aromatic heterocycles. The molecule has 6 heteroatoms. The molecule has 3 rings (SSSR count). The van der Waals surface area contributed by atoms with Crippen molar-refractivity contribution < 1.29 is 0 Å². The zero-order valence-corrected chi connectivity index (χ0v) is 11.3. The van der Waals surface area contributed by atoms with Crippen LogP contribution in [-0.4, -0.2) is 24.6 Å². The van der Waals surface area contributed by atoms with E-state index in [1.165, 1.54) is 0 Å². The lowest BCUT2D eigenvalue weighted by Crippen LogP contribution is -2.01. The summed E-state index contributed by atoms with van der Waals surface area (Å²) in [6, 6.07) is 3.87. The maximum absolute atomic E-state index is 5.57. The Morgan fingerprint density at radius 3 is 2.80 bits per heavy atom. The van der Waals surface area contributed by atoms with E-state index in [4.69, 9.17) is 5.73 Å². The number of hydrogen-bond acceptors (Lipinski definition) is 5. The summed E-state index contributed by atoms with van der Waals surface area (Å²) in [7, 11) is 0. The minimum atomic E-state index is 0.268. The molecule has 0 bridgehead atoms. The van der Waals surface area contributed by atoms with Crippen molar-refractivity contribution in [1.82, 2.24) is 24.6 Å². The van der Waals surface area contributed by atoms with Gasteiger partial charge in [0.2, 0.25) is 5.95 Å². The highest BCUT2D eigenvalue weighted by atomic mass is 15.2. The summed E-state index contributed by atoms with van der Waals surface area (Å²) >= 11 is 0. The summed E-state index contributed by atoms with van der Waals surface area (Å²) in [4.78, 5) is 8.20. The summed E-state index contributed by atoms with van der Waals surface area (Å²) in [6.45, 7) is 7.93. The van der Waals surface area contributed by atoms with Gasteiger partial charge in [-0.05, 0) is 37.1 Å². The van der Waals surface area contributed by atoms with E-state index in [9.17, 15) is 0 Å². The molecule has 0 atom stereocenters. The standard InChI is InChI=1S/C14H14N6/c1-8(12-6-16-14(15)17-9(12)2)11-4-5-13-19-18-10(3)20(13)7-11/h4-7H,1H2,2-3H3,(H2,15,16,17). The van der Waals surface area contributed by atoms with Crippen molar-refractivity contribution in [1.29, 1.82) is 0 Å². The molecule has 0 radical (unpaired) electrons. The fourth-order valence-corrected chi connectivity index (χ4v) is 2.12. The van der Waals surface area contributed by atoms with Gasteiger partial charge in [-0.15, -0.1) is 10.2 Å². The maximum Gasteiger partial charge on any atom is 0.220 e. The second-order valence-electron chi connectivity index (χ2n) is 4.60. The Morgan fingerprint density at radius 1 is 1.25 bits per heavy atom. The lowest BCUT2D eigenvalue weighted by molar-refractivity contribution is 1.00. The van der Waals surface area contributed by atoms with Crippen LogP contribution >= 0.6 is 0 Å². The number of pyridine rings is 1. The lowest BCUT2D eigenvalue weighted by atomic mass is 10.0. The molecule has 0 saturated heterocycles. The van der Waals surface area contributed by atoms with Crippen LogP contribution < -0.4 is 5.73 Å². The van der Waals surface area contributed by atoms with Crippen LogP contribution in [0.2, 0.25) is 0 Å². The van der Waals surface area contributed by atoms with Crippen molar-refractivity contribution in [2.75, 3.05) is 5.73 Å². The van der Waals surface area contributed by atoms with Gasteiger partial charge in [-0.2, -0.15) is 0 Å². The molecular formula is C14H14N6. The molecule has 0 unspecified atom stereocenters. The highest BCUT2D eigenvalue weighted by Gasteiger charge is 2.10. The summed E-state index contributed by atoms with van der Waals surface area (Å²) in [6.07, 6.45) is 3.66. The molecule has 0 saturated carbocycles. The van der Waals surface area contributed by atoms with Crippen molar-refractivity contribution in [3.8, 4) is 0 Å². The van der Waals surface area contributed by atoms with E-state index in [0.29, 0.717) is 0 Å². The van der Waals surface area contributed by atoms with Gasteiger partial charge in [0, 0.05) is 18.0 Å². The van der Waals surface area contributed by atoms with E-state index < -0.39 is 0 Å². The first-order valence-corrected chi connectivity index (χ1v) is 6.16. The Labute approximate surface area is 116 Å². The molecule has 6 nitrogen and oxygen atoms in total. The first-order chi connectivity index (χ1) is 9.56. The van der Waals surface area contributed by atoms with Gasteiger partial charge < -0.3 is 5.73 Å². The summed E-state index contributed by atoms with van der Waals surface area (Å²) in [5.74, 6) is 1.10. The summed E-state index contributed by atoms with van der Waals surface area (Å²) in [5, 5.41) is 8.10. The molecule has 0 spiro atoms. The minimum absolute atomic E-state index is 0.268. The maximum atomic E-state index is 5.57. The predicted octanol–water partition coefficient (Wildman–Crippen LogP) is 1.78. The Hall–Kier alpha value is -2.76. The molecule has 0 aliphatic rings. The Balaban J connectivity index is 2.09. The quantitative estimate of drug-likeness (QED) is 0.764. The number of nitrogens with zero attached hydrogens (tertiary/aromatic N) is 5. The second-order valence-corrected chi connectivity index (χ2v) is 4.60. The number of anilines is 1. The monoisotopic (exact) mass is 266 g/mol. The van der Waals surface area contributed by atoms with E-state index in [1.807, 2.05) is 36.6 Å². The smallest absolute Gasteiger partial charge is 0.220 e. The molecule has 2 N–H and O–H groups in total. The van der Waals surface area contributed by atoms with E-state index in [2.05, 4.69) is 26.7 Å². The topological polar surface area (TPSA) is 82.0 Å². The lowest BCUT2D eigenvalue weighted by Gasteiger charge is -2.09. The summed E-state index contributed by atoms with van der Waals surface area (Å²) in [5.41, 5.74) is 9.89.